The summed E-state index contributed by atoms with van der Waals surface area (Å²) >= 11 is 16.4. The van der Waals surface area contributed by atoms with E-state index in [1.165, 1.54) is 14.0 Å². The van der Waals surface area contributed by atoms with Gasteiger partial charge in [-0.05, 0) is 108 Å². The number of nitriles is 1. The molecule has 2 aliphatic heterocycles. The molecule has 2 N–H and O–H groups in total. The SMILES string of the molecule is COC(=O)C(Cc1ccc(-c2ccc(C#N)cc2)cc1)NC(=O)C1Cc2cc3c(cc2CN1S(=O)(=O)c1sc(NCCOC[C@H](Br)C(C)=O)nc1C)O[C@@H](c1ccc(OCc2ccc(Cl)c(Cl)c2)cc1)CO3. The minimum absolute atomic E-state index is 0.0498. The molecule has 0 fully saturated rings. The number of halogens is 3. The van der Waals surface area contributed by atoms with Crippen LogP contribution < -0.4 is 24.8 Å². The number of nitrogens with zero attached hydrogens (tertiary/aromatic N) is 3. The van der Waals surface area contributed by atoms with Gasteiger partial charge >= 0.3 is 5.97 Å². The number of methoxy groups -OCH3 is 1. The maximum absolute atomic E-state index is 15.0. The third-order valence-corrected chi connectivity index (χ3v) is 17.2. The fourth-order valence-electron chi connectivity index (χ4n) is 8.09. The second kappa shape index (κ2) is 23.2. The summed E-state index contributed by atoms with van der Waals surface area (Å²) in [6, 6.07) is 30.5. The van der Waals surface area contributed by atoms with E-state index in [1.54, 1.807) is 43.3 Å². The van der Waals surface area contributed by atoms with Gasteiger partial charge < -0.3 is 34.3 Å². The van der Waals surface area contributed by atoms with Crippen LogP contribution in [0.5, 0.6) is 17.2 Å². The van der Waals surface area contributed by atoms with Crippen LogP contribution in [0, 0.1) is 18.3 Å². The summed E-state index contributed by atoms with van der Waals surface area (Å²) in [4.78, 5) is 43.6. The zero-order valence-electron chi connectivity index (χ0n) is 39.2. The fourth-order valence-corrected chi connectivity index (χ4v) is 11.7. The van der Waals surface area contributed by atoms with E-state index in [2.05, 4.69) is 37.6 Å². The van der Waals surface area contributed by atoms with Crippen molar-refractivity contribution in [2.45, 2.75) is 67.1 Å². The van der Waals surface area contributed by atoms with E-state index in [9.17, 15) is 28.1 Å². The van der Waals surface area contributed by atoms with Crippen LogP contribution in [0.3, 0.4) is 0 Å². The lowest BCUT2D eigenvalue weighted by Gasteiger charge is -2.36. The number of anilines is 1. The predicted molar refractivity (Wildman–Crippen MR) is 277 cm³/mol. The molecular formula is C52H48BrCl2N5O10S2. The van der Waals surface area contributed by atoms with Crippen molar-refractivity contribution in [1.29, 1.82) is 5.26 Å². The van der Waals surface area contributed by atoms with Crippen LogP contribution in [0.15, 0.2) is 107 Å². The Labute approximate surface area is 439 Å². The number of Topliss-reactive ketones (excluding diaryl/α,β-unsaturated/α-hetero) is 1. The van der Waals surface area contributed by atoms with E-state index in [-0.39, 0.29) is 68.0 Å². The lowest BCUT2D eigenvalue weighted by Crippen LogP contribution is -2.56. The first-order valence-electron chi connectivity index (χ1n) is 22.6. The van der Waals surface area contributed by atoms with Crippen LogP contribution in [0.1, 0.15) is 52.1 Å². The molecule has 0 saturated carbocycles. The number of carbonyl (C=O) groups is 3. The molecule has 20 heteroatoms. The number of benzene rings is 5. The van der Waals surface area contributed by atoms with Gasteiger partial charge in [-0.2, -0.15) is 9.57 Å². The number of ketones is 1. The van der Waals surface area contributed by atoms with Crippen LogP contribution in [-0.4, -0.2) is 85.8 Å². The number of aromatic nitrogens is 1. The zero-order valence-corrected chi connectivity index (χ0v) is 43.9. The molecule has 0 radical (unpaired) electrons. The van der Waals surface area contributed by atoms with Gasteiger partial charge in [0.25, 0.3) is 10.0 Å². The van der Waals surface area contributed by atoms with Gasteiger partial charge in [-0.25, -0.2) is 18.2 Å². The Balaban J connectivity index is 1.02. The maximum Gasteiger partial charge on any atom is 0.328 e. The van der Waals surface area contributed by atoms with Crippen LogP contribution in [0.2, 0.25) is 10.0 Å². The van der Waals surface area contributed by atoms with E-state index < -0.39 is 44.9 Å². The molecule has 4 atom stereocenters. The number of esters is 1. The Morgan fingerprint density at radius 3 is 2.32 bits per heavy atom. The van der Waals surface area contributed by atoms with Gasteiger partial charge in [-0.15, -0.1) is 0 Å². The molecule has 1 aromatic heterocycles. The molecule has 0 bridgehead atoms. The molecular weight excluding hydrogens is 1070 g/mol. The number of alkyl halides is 1. The van der Waals surface area contributed by atoms with Gasteiger partial charge in [0, 0.05) is 19.5 Å². The van der Waals surface area contributed by atoms with Crippen molar-refractivity contribution < 1.29 is 46.5 Å². The highest BCUT2D eigenvalue weighted by Crippen LogP contribution is 2.43. The number of hydrogen-bond acceptors (Lipinski definition) is 14. The molecule has 2 aliphatic rings. The van der Waals surface area contributed by atoms with Crippen molar-refractivity contribution >= 4 is 83.3 Å². The van der Waals surface area contributed by atoms with Crippen molar-refractivity contribution in [3.05, 3.63) is 152 Å². The molecule has 72 heavy (non-hydrogen) atoms. The monoisotopic (exact) mass is 1120 g/mol. The van der Waals surface area contributed by atoms with E-state index in [0.29, 0.717) is 54.7 Å². The molecule has 3 heterocycles. The molecule has 8 rings (SSSR count). The Hall–Kier alpha value is -6.04. The third-order valence-electron chi connectivity index (χ3n) is 12.0. The fraction of sp³-hybridized carbons (Fsp3) is 0.288. The number of amides is 1. The van der Waals surface area contributed by atoms with Gasteiger partial charge in [0.15, 0.2) is 26.9 Å². The Bertz CT molecular complexity index is 3120. The largest absolute Gasteiger partial charge is 0.489 e. The minimum atomic E-state index is -4.44. The third kappa shape index (κ3) is 12.4. The van der Waals surface area contributed by atoms with Gasteiger partial charge in [0.2, 0.25) is 5.91 Å². The number of hydrogen-bond donors (Lipinski definition) is 2. The molecule has 6 aromatic rings. The first-order valence-corrected chi connectivity index (χ1v) is 26.6. The normalized spacial score (nSPS) is 16.1. The lowest BCUT2D eigenvalue weighted by atomic mass is 9.93. The quantitative estimate of drug-likeness (QED) is 0.0443. The lowest BCUT2D eigenvalue weighted by molar-refractivity contribution is -0.145. The molecule has 5 aromatic carbocycles. The highest BCUT2D eigenvalue weighted by Gasteiger charge is 2.43. The van der Waals surface area contributed by atoms with Gasteiger partial charge in [-0.3, -0.25) is 9.59 Å². The van der Waals surface area contributed by atoms with E-state index in [4.69, 9.17) is 46.9 Å². The summed E-state index contributed by atoms with van der Waals surface area (Å²) in [6.07, 6.45) is -0.518. The van der Waals surface area contributed by atoms with Crippen molar-refractivity contribution in [3.8, 4) is 34.4 Å². The highest BCUT2D eigenvalue weighted by molar-refractivity contribution is 9.10. The second-order valence-corrected chi connectivity index (χ2v) is 22.0. The summed E-state index contributed by atoms with van der Waals surface area (Å²) in [6.45, 7) is 3.96. The smallest absolute Gasteiger partial charge is 0.328 e. The summed E-state index contributed by atoms with van der Waals surface area (Å²) in [7, 11) is -3.22. The average Bonchev–Trinajstić information content (AvgIpc) is 3.78. The highest BCUT2D eigenvalue weighted by atomic mass is 79.9. The standard InChI is InChI=1S/C52H48BrCl2N5O10S2/c1-30-51(71-52(58-30)57-18-19-67-28-41(53)31(2)61)72(64,65)60-26-39-24-47-46(69-29-48(70-47)37-13-15-40(16-14-37)68-27-34-8-17-42(54)43(55)20-34)23-38(39)22-45(60)49(62)59-44(50(63)66-3)21-32-4-9-35(10-5-32)36-11-6-33(25-56)7-12-36/h4-17,20,23-24,41,44-45,48H,18-19,21-22,26-29H2,1-3H3,(H,57,58)(H,59,62)/t41-,44?,45?,48+/m0/s1. The first kappa shape index (κ1) is 52.3. The summed E-state index contributed by atoms with van der Waals surface area (Å²) in [5, 5.41) is 16.4. The zero-order chi connectivity index (χ0) is 51.1. The van der Waals surface area contributed by atoms with Gasteiger partial charge in [-0.1, -0.05) is 105 Å². The van der Waals surface area contributed by atoms with E-state index >= 15 is 0 Å². The number of thiazole rings is 1. The topological polar surface area (TPSA) is 195 Å². The van der Waals surface area contributed by atoms with Crippen molar-refractivity contribution in [3.63, 3.8) is 0 Å². The van der Waals surface area contributed by atoms with Crippen molar-refractivity contribution in [2.75, 3.05) is 38.8 Å². The molecule has 1 amide bonds. The van der Waals surface area contributed by atoms with Crippen molar-refractivity contribution in [2.24, 2.45) is 0 Å². The molecule has 374 valence electrons. The van der Waals surface area contributed by atoms with E-state index in [0.717, 1.165) is 37.9 Å². The number of carbonyl (C=O) groups excluding carboxylic acids is 3. The molecule has 0 spiro atoms. The van der Waals surface area contributed by atoms with Crippen LogP contribution in [-0.2, 0) is 59.9 Å². The van der Waals surface area contributed by atoms with Gasteiger partial charge in [0.05, 0.1) is 52.5 Å². The number of fused-ring (bicyclic) bond motifs is 2. The number of sulfonamides is 1. The molecule has 0 saturated heterocycles. The minimum Gasteiger partial charge on any atom is -0.489 e. The number of ether oxygens (including phenoxy) is 5. The van der Waals surface area contributed by atoms with Crippen LogP contribution >= 0.6 is 50.5 Å². The Morgan fingerprint density at radius 2 is 1.64 bits per heavy atom. The summed E-state index contributed by atoms with van der Waals surface area (Å²) in [5.74, 6) is -0.0178. The van der Waals surface area contributed by atoms with Crippen LogP contribution in [0.25, 0.3) is 11.1 Å². The Morgan fingerprint density at radius 1 is 0.944 bits per heavy atom. The number of rotatable bonds is 19. The van der Waals surface area contributed by atoms with Gasteiger partial charge in [0.1, 0.15) is 36.8 Å². The second-order valence-electron chi connectivity index (χ2n) is 17.0. The first-order chi connectivity index (χ1) is 34.6. The van der Waals surface area contributed by atoms with E-state index in [1.807, 2.05) is 66.7 Å². The van der Waals surface area contributed by atoms with Crippen molar-refractivity contribution in [1.82, 2.24) is 14.6 Å². The summed E-state index contributed by atoms with van der Waals surface area (Å²) < 4.78 is 60.5. The average molecular weight is 1120 g/mol. The number of aryl methyl sites for hydroxylation is 1. The molecule has 0 aliphatic carbocycles. The number of nitrogens with one attached hydrogen (secondary N) is 2. The maximum atomic E-state index is 15.0. The molecule has 2 unspecified atom stereocenters. The van der Waals surface area contributed by atoms with Crippen LogP contribution in [0.4, 0.5) is 5.13 Å². The summed E-state index contributed by atoms with van der Waals surface area (Å²) in [5.41, 5.74) is 6.19. The Kier molecular flexibility index (Phi) is 16.9. The molecule has 15 nitrogen and oxygen atoms in total. The predicted octanol–water partition coefficient (Wildman–Crippen LogP) is 9.19.